The van der Waals surface area contributed by atoms with Gasteiger partial charge in [-0.3, -0.25) is 9.48 Å². The fraction of sp³-hybridized carbons (Fsp3) is 0.400. The van der Waals surface area contributed by atoms with E-state index < -0.39 is 27.1 Å². The first-order chi connectivity index (χ1) is 22.1. The molecule has 11 heteroatoms. The molecule has 2 aliphatic carbocycles. The third-order valence-corrected chi connectivity index (χ3v) is 11.3. The van der Waals surface area contributed by atoms with Crippen molar-refractivity contribution in [2.24, 2.45) is 0 Å². The van der Waals surface area contributed by atoms with E-state index in [1.165, 1.54) is 25.8 Å². The van der Waals surface area contributed by atoms with E-state index in [1.807, 2.05) is 30.3 Å². The molecule has 2 saturated carbocycles. The normalized spacial score (nSPS) is 16.9. The van der Waals surface area contributed by atoms with E-state index in [-0.39, 0.29) is 17.2 Å². The van der Waals surface area contributed by atoms with Crippen molar-refractivity contribution < 1.29 is 27.9 Å². The Labute approximate surface area is 268 Å². The number of carbonyl (C=O) groups is 2. The van der Waals surface area contributed by atoms with E-state index in [0.29, 0.717) is 23.9 Å². The second kappa shape index (κ2) is 11.5. The number of fused-ring (bicyclic) bond motifs is 5. The maximum atomic E-state index is 13.3. The molecule has 1 aliphatic heterocycles. The molecule has 3 aliphatic rings. The molecule has 2 aromatic heterocycles. The lowest BCUT2D eigenvalue weighted by Crippen LogP contribution is -2.35. The number of carboxylic acid groups (broad SMARTS) is 1. The molecule has 4 aromatic rings. The van der Waals surface area contributed by atoms with Gasteiger partial charge in [0.25, 0.3) is 5.91 Å². The van der Waals surface area contributed by atoms with Gasteiger partial charge in [-0.05, 0) is 93.0 Å². The van der Waals surface area contributed by atoms with Crippen molar-refractivity contribution >= 4 is 44.5 Å². The number of carboxylic acids is 1. The van der Waals surface area contributed by atoms with E-state index in [4.69, 9.17) is 9.84 Å². The van der Waals surface area contributed by atoms with Crippen molar-refractivity contribution in [2.75, 3.05) is 7.11 Å². The molecule has 1 amide bonds. The number of rotatable bonds is 8. The number of amides is 1. The average molecular weight is 643 g/mol. The molecule has 240 valence electrons. The first kappa shape index (κ1) is 30.3. The van der Waals surface area contributed by atoms with Gasteiger partial charge in [-0.25, -0.2) is 17.9 Å². The Kier molecular flexibility index (Phi) is 7.54. The monoisotopic (exact) mass is 642 g/mol. The Morgan fingerprint density at radius 3 is 2.48 bits per heavy atom. The SMILES string of the molecule is COc1ccc2c(c1)C=C(c1nn(C3CC3)cc1C(=O)O)Cn1c-2c(C2CCCCC2)c2ccc(C(=O)NS(=O)(=O)C(C)C)cc21. The predicted octanol–water partition coefficient (Wildman–Crippen LogP) is 6.62. The number of nitrogens with one attached hydrogen (secondary N) is 1. The number of aromatic nitrogens is 3. The van der Waals surface area contributed by atoms with Crippen molar-refractivity contribution in [1.29, 1.82) is 0 Å². The Morgan fingerprint density at radius 1 is 1.04 bits per heavy atom. The summed E-state index contributed by atoms with van der Waals surface area (Å²) in [6.45, 7) is 3.36. The Bertz CT molecular complexity index is 2030. The van der Waals surface area contributed by atoms with Gasteiger partial charge in [-0.2, -0.15) is 5.10 Å². The Hall–Kier alpha value is -4.38. The quantitative estimate of drug-likeness (QED) is 0.221. The van der Waals surface area contributed by atoms with Crippen LogP contribution in [0.4, 0.5) is 0 Å². The molecule has 46 heavy (non-hydrogen) atoms. The summed E-state index contributed by atoms with van der Waals surface area (Å²) in [6.07, 6.45) is 11.1. The molecule has 3 heterocycles. The minimum atomic E-state index is -3.83. The highest BCUT2D eigenvalue weighted by atomic mass is 32.2. The number of benzene rings is 2. The number of ether oxygens (including phenoxy) is 1. The van der Waals surface area contributed by atoms with Crippen LogP contribution < -0.4 is 9.46 Å². The van der Waals surface area contributed by atoms with Crippen LogP contribution in [0.25, 0.3) is 33.8 Å². The van der Waals surface area contributed by atoms with Gasteiger partial charge in [0, 0.05) is 33.8 Å². The summed E-state index contributed by atoms with van der Waals surface area (Å²) in [4.78, 5) is 25.8. The molecule has 7 rings (SSSR count). The predicted molar refractivity (Wildman–Crippen MR) is 177 cm³/mol. The second-order valence-corrected chi connectivity index (χ2v) is 15.2. The van der Waals surface area contributed by atoms with Gasteiger partial charge in [0.1, 0.15) is 17.0 Å². The third kappa shape index (κ3) is 5.30. The molecule has 0 saturated heterocycles. The largest absolute Gasteiger partial charge is 0.497 e. The summed E-state index contributed by atoms with van der Waals surface area (Å²) in [5, 5.41) is 15.3. The zero-order chi connectivity index (χ0) is 32.3. The number of carbonyl (C=O) groups excluding carboxylic acids is 1. The summed E-state index contributed by atoms with van der Waals surface area (Å²) in [6, 6.07) is 11.6. The van der Waals surface area contributed by atoms with Crippen LogP contribution in [-0.4, -0.2) is 52.1 Å². The number of allylic oxidation sites excluding steroid dienone is 1. The molecular formula is C35H38N4O6S. The molecule has 0 spiro atoms. The van der Waals surface area contributed by atoms with E-state index in [9.17, 15) is 23.1 Å². The highest BCUT2D eigenvalue weighted by molar-refractivity contribution is 7.90. The molecule has 2 N–H and O–H groups in total. The third-order valence-electron chi connectivity index (χ3n) is 9.59. The van der Waals surface area contributed by atoms with Crippen LogP contribution in [0.5, 0.6) is 5.75 Å². The molecule has 2 aromatic carbocycles. The molecule has 2 fully saturated rings. The van der Waals surface area contributed by atoms with E-state index in [0.717, 1.165) is 71.8 Å². The number of aromatic carboxylic acids is 1. The zero-order valence-electron chi connectivity index (χ0n) is 26.2. The van der Waals surface area contributed by atoms with Gasteiger partial charge in [-0.1, -0.05) is 25.3 Å². The summed E-state index contributed by atoms with van der Waals surface area (Å²) in [7, 11) is -2.21. The topological polar surface area (TPSA) is 133 Å². The fourth-order valence-corrected chi connectivity index (χ4v) is 7.56. The Morgan fingerprint density at radius 2 is 1.80 bits per heavy atom. The van der Waals surface area contributed by atoms with Gasteiger partial charge in [0.15, 0.2) is 0 Å². The van der Waals surface area contributed by atoms with Crippen LogP contribution in [0.2, 0.25) is 0 Å². The van der Waals surface area contributed by atoms with Crippen LogP contribution in [0, 0.1) is 0 Å². The van der Waals surface area contributed by atoms with Crippen molar-refractivity contribution in [1.82, 2.24) is 19.1 Å². The van der Waals surface area contributed by atoms with Crippen molar-refractivity contribution in [3.63, 3.8) is 0 Å². The lowest BCUT2D eigenvalue weighted by atomic mass is 9.81. The number of hydrogen-bond donors (Lipinski definition) is 2. The van der Waals surface area contributed by atoms with Crippen LogP contribution in [0.15, 0.2) is 42.6 Å². The number of nitrogens with zero attached hydrogens (tertiary/aromatic N) is 3. The lowest BCUT2D eigenvalue weighted by molar-refractivity contribution is 0.0696. The van der Waals surface area contributed by atoms with E-state index >= 15 is 0 Å². The maximum Gasteiger partial charge on any atom is 0.339 e. The smallest absolute Gasteiger partial charge is 0.339 e. The summed E-state index contributed by atoms with van der Waals surface area (Å²) in [5.74, 6) is -0.737. The van der Waals surface area contributed by atoms with Gasteiger partial charge in [0.2, 0.25) is 10.0 Å². The highest BCUT2D eigenvalue weighted by Crippen LogP contribution is 2.48. The molecular weight excluding hydrogens is 604 g/mol. The first-order valence-electron chi connectivity index (χ1n) is 16.0. The molecule has 0 bridgehead atoms. The minimum absolute atomic E-state index is 0.147. The van der Waals surface area contributed by atoms with Crippen molar-refractivity contribution in [2.45, 2.75) is 82.5 Å². The van der Waals surface area contributed by atoms with E-state index in [1.54, 1.807) is 30.1 Å². The van der Waals surface area contributed by atoms with Crippen molar-refractivity contribution in [3.05, 3.63) is 70.5 Å². The van der Waals surface area contributed by atoms with Gasteiger partial charge >= 0.3 is 5.97 Å². The summed E-state index contributed by atoms with van der Waals surface area (Å²) < 4.78 is 36.9. The zero-order valence-corrected chi connectivity index (χ0v) is 27.1. The minimum Gasteiger partial charge on any atom is -0.497 e. The van der Waals surface area contributed by atoms with Crippen LogP contribution in [0.3, 0.4) is 0 Å². The molecule has 0 atom stereocenters. The van der Waals surface area contributed by atoms with Gasteiger partial charge in [0.05, 0.1) is 30.6 Å². The van der Waals surface area contributed by atoms with Crippen LogP contribution in [0.1, 0.15) is 108 Å². The summed E-state index contributed by atoms with van der Waals surface area (Å²) >= 11 is 0. The lowest BCUT2D eigenvalue weighted by Gasteiger charge is -2.24. The maximum absolute atomic E-state index is 13.3. The molecule has 10 nitrogen and oxygen atoms in total. The van der Waals surface area contributed by atoms with Crippen molar-refractivity contribution in [3.8, 4) is 17.0 Å². The van der Waals surface area contributed by atoms with Gasteiger partial charge < -0.3 is 14.4 Å². The number of methoxy groups -OCH3 is 1. The fourth-order valence-electron chi connectivity index (χ4n) is 6.94. The first-order valence-corrected chi connectivity index (χ1v) is 17.5. The second-order valence-electron chi connectivity index (χ2n) is 13.0. The average Bonchev–Trinajstić information content (AvgIpc) is 3.75. The number of hydrogen-bond acceptors (Lipinski definition) is 6. The summed E-state index contributed by atoms with van der Waals surface area (Å²) in [5.41, 5.74) is 6.43. The highest BCUT2D eigenvalue weighted by Gasteiger charge is 2.33. The molecule has 0 unspecified atom stereocenters. The Balaban J connectivity index is 1.48. The number of sulfonamides is 1. The molecule has 0 radical (unpaired) electrons. The van der Waals surface area contributed by atoms with E-state index in [2.05, 4.69) is 9.29 Å². The van der Waals surface area contributed by atoms with Gasteiger partial charge in [-0.15, -0.1) is 0 Å². The van der Waals surface area contributed by atoms with Crippen LogP contribution in [-0.2, 0) is 16.6 Å². The standard InChI is InChI=1S/C35H38N4O6S/c1-20(2)46(43,44)37-34(40)22-9-13-28-30(17-22)38-18-24(32-29(35(41)42)19-39(36-32)25-10-11-25)15-23-16-26(45-3)12-14-27(23)33(38)31(28)21-7-5-4-6-8-21/h9,12-17,19-21,25H,4-8,10-11,18H2,1-3H3,(H,37,40)(H,41,42). The van der Waals surface area contributed by atoms with Crippen LogP contribution >= 0.6 is 0 Å².